The van der Waals surface area contributed by atoms with E-state index in [2.05, 4.69) is 10.6 Å². The summed E-state index contributed by atoms with van der Waals surface area (Å²) in [7, 11) is 0. The number of likely N-dealkylation sites (tertiary alicyclic amines) is 1. The van der Waals surface area contributed by atoms with Crippen LogP contribution in [-0.4, -0.2) is 54.7 Å². The van der Waals surface area contributed by atoms with Crippen molar-refractivity contribution < 1.29 is 14.3 Å². The van der Waals surface area contributed by atoms with E-state index in [1.54, 1.807) is 4.90 Å². The first-order valence-electron chi connectivity index (χ1n) is 7.81. The average molecular weight is 297 g/mol. The molecule has 0 bridgehead atoms. The summed E-state index contributed by atoms with van der Waals surface area (Å²) in [5.41, 5.74) is -0.433. The van der Waals surface area contributed by atoms with Gasteiger partial charge in [-0.1, -0.05) is 0 Å². The summed E-state index contributed by atoms with van der Waals surface area (Å²) in [6, 6.07) is 0.265. The standard InChI is InChI=1S/C15H27N3O3/c1-15(2,3)21-14(20)18-6-4-11(5-7-18)9-16-12-8-13(19)17-10-12/h11-12,16H,4-10H2,1-3H3,(H,17,19). The topological polar surface area (TPSA) is 70.7 Å². The van der Waals surface area contributed by atoms with Gasteiger partial charge in [-0.15, -0.1) is 0 Å². The van der Waals surface area contributed by atoms with Crippen molar-refractivity contribution in [3.8, 4) is 0 Å². The van der Waals surface area contributed by atoms with E-state index in [0.29, 0.717) is 12.3 Å². The maximum absolute atomic E-state index is 12.0. The molecular weight excluding hydrogens is 270 g/mol. The van der Waals surface area contributed by atoms with E-state index >= 15 is 0 Å². The van der Waals surface area contributed by atoms with Crippen molar-refractivity contribution in [2.45, 2.75) is 51.7 Å². The molecule has 21 heavy (non-hydrogen) atoms. The Balaban J connectivity index is 1.66. The van der Waals surface area contributed by atoms with Gasteiger partial charge in [0, 0.05) is 32.1 Å². The predicted octanol–water partition coefficient (Wildman–Crippen LogP) is 1.11. The highest BCUT2D eigenvalue weighted by Gasteiger charge is 2.28. The molecule has 2 saturated heterocycles. The van der Waals surface area contributed by atoms with Crippen molar-refractivity contribution in [1.82, 2.24) is 15.5 Å². The number of nitrogens with zero attached hydrogens (tertiary/aromatic N) is 1. The van der Waals surface area contributed by atoms with Crippen LogP contribution in [0.15, 0.2) is 0 Å². The highest BCUT2D eigenvalue weighted by atomic mass is 16.6. The number of carbonyl (C=O) groups excluding carboxylic acids is 2. The normalized spacial score (nSPS) is 24.0. The minimum Gasteiger partial charge on any atom is -0.444 e. The lowest BCUT2D eigenvalue weighted by atomic mass is 9.96. The molecule has 2 N–H and O–H groups in total. The number of piperidine rings is 1. The highest BCUT2D eigenvalue weighted by molar-refractivity contribution is 5.78. The van der Waals surface area contributed by atoms with E-state index in [-0.39, 0.29) is 18.0 Å². The first-order chi connectivity index (χ1) is 9.83. The van der Waals surface area contributed by atoms with Crippen LogP contribution >= 0.6 is 0 Å². The highest BCUT2D eigenvalue weighted by Crippen LogP contribution is 2.19. The van der Waals surface area contributed by atoms with Crippen LogP contribution < -0.4 is 10.6 Å². The van der Waals surface area contributed by atoms with Crippen LogP contribution in [0.3, 0.4) is 0 Å². The molecular formula is C15H27N3O3. The maximum atomic E-state index is 12.0. The van der Waals surface area contributed by atoms with Gasteiger partial charge in [-0.2, -0.15) is 0 Å². The molecule has 6 heteroatoms. The van der Waals surface area contributed by atoms with E-state index in [1.165, 1.54) is 0 Å². The molecule has 0 saturated carbocycles. The van der Waals surface area contributed by atoms with Crippen molar-refractivity contribution in [1.29, 1.82) is 0 Å². The first kappa shape index (κ1) is 16.1. The molecule has 2 fully saturated rings. The smallest absolute Gasteiger partial charge is 0.410 e. The molecule has 2 rings (SSSR count). The number of hydrogen-bond donors (Lipinski definition) is 2. The Morgan fingerprint density at radius 2 is 2.05 bits per heavy atom. The van der Waals surface area contributed by atoms with Crippen molar-refractivity contribution in [3.63, 3.8) is 0 Å². The number of nitrogens with one attached hydrogen (secondary N) is 2. The summed E-state index contributed by atoms with van der Waals surface area (Å²) in [4.78, 5) is 24.9. The van der Waals surface area contributed by atoms with Gasteiger partial charge in [0.05, 0.1) is 0 Å². The quantitative estimate of drug-likeness (QED) is 0.819. The summed E-state index contributed by atoms with van der Waals surface area (Å²) in [6.07, 6.45) is 2.34. The molecule has 0 aromatic heterocycles. The van der Waals surface area contributed by atoms with Crippen LogP contribution in [-0.2, 0) is 9.53 Å². The van der Waals surface area contributed by atoms with Crippen molar-refractivity contribution in [3.05, 3.63) is 0 Å². The fourth-order valence-electron chi connectivity index (χ4n) is 2.73. The summed E-state index contributed by atoms with van der Waals surface area (Å²) in [5.74, 6) is 0.701. The maximum Gasteiger partial charge on any atom is 0.410 e. The molecule has 6 nitrogen and oxygen atoms in total. The summed E-state index contributed by atoms with van der Waals surface area (Å²) < 4.78 is 5.39. The van der Waals surface area contributed by atoms with Gasteiger partial charge in [0.1, 0.15) is 5.60 Å². The SMILES string of the molecule is CC(C)(C)OC(=O)N1CCC(CNC2CNC(=O)C2)CC1. The molecule has 0 aromatic carbocycles. The zero-order chi connectivity index (χ0) is 15.5. The van der Waals surface area contributed by atoms with Crippen molar-refractivity contribution >= 4 is 12.0 Å². The van der Waals surface area contributed by atoms with Crippen LogP contribution in [0.2, 0.25) is 0 Å². The van der Waals surface area contributed by atoms with Gasteiger partial charge >= 0.3 is 6.09 Å². The molecule has 1 unspecified atom stereocenters. The number of hydrogen-bond acceptors (Lipinski definition) is 4. The van der Waals surface area contributed by atoms with E-state index < -0.39 is 5.60 Å². The molecule has 2 heterocycles. The molecule has 0 aliphatic carbocycles. The molecule has 0 radical (unpaired) electrons. The minimum atomic E-state index is -0.433. The van der Waals surface area contributed by atoms with Gasteiger partial charge in [-0.25, -0.2) is 4.79 Å². The van der Waals surface area contributed by atoms with E-state index in [9.17, 15) is 9.59 Å². The molecule has 120 valence electrons. The van der Waals surface area contributed by atoms with E-state index in [0.717, 1.165) is 39.0 Å². The molecule has 0 spiro atoms. The third-order valence-electron chi connectivity index (χ3n) is 3.94. The Morgan fingerprint density at radius 1 is 1.38 bits per heavy atom. The van der Waals surface area contributed by atoms with Crippen LogP contribution in [0.4, 0.5) is 4.79 Å². The Labute approximate surface area is 126 Å². The van der Waals surface area contributed by atoms with Gasteiger partial charge in [-0.05, 0) is 46.1 Å². The Bertz CT molecular complexity index is 384. The number of amides is 2. The average Bonchev–Trinajstić information content (AvgIpc) is 2.81. The summed E-state index contributed by atoms with van der Waals surface area (Å²) in [5, 5.41) is 6.28. The zero-order valence-electron chi connectivity index (χ0n) is 13.3. The van der Waals surface area contributed by atoms with Crippen molar-refractivity contribution in [2.24, 2.45) is 5.92 Å². The van der Waals surface area contributed by atoms with Crippen LogP contribution in [0.1, 0.15) is 40.0 Å². The molecule has 2 aliphatic heterocycles. The van der Waals surface area contributed by atoms with Gasteiger partial charge in [0.2, 0.25) is 5.91 Å². The number of ether oxygens (including phenoxy) is 1. The van der Waals surface area contributed by atoms with Gasteiger partial charge in [-0.3, -0.25) is 4.79 Å². The second-order valence-electron chi connectivity index (χ2n) is 7.02. The fraction of sp³-hybridized carbons (Fsp3) is 0.867. The lowest BCUT2D eigenvalue weighted by Crippen LogP contribution is -2.44. The van der Waals surface area contributed by atoms with Crippen LogP contribution in [0.5, 0.6) is 0 Å². The molecule has 2 aliphatic rings. The first-order valence-corrected chi connectivity index (χ1v) is 7.81. The minimum absolute atomic E-state index is 0.132. The number of carbonyl (C=O) groups is 2. The van der Waals surface area contributed by atoms with E-state index in [4.69, 9.17) is 4.74 Å². The fourth-order valence-corrected chi connectivity index (χ4v) is 2.73. The zero-order valence-corrected chi connectivity index (χ0v) is 13.3. The van der Waals surface area contributed by atoms with Gasteiger partial charge in [0.25, 0.3) is 0 Å². The van der Waals surface area contributed by atoms with E-state index in [1.807, 2.05) is 20.8 Å². The van der Waals surface area contributed by atoms with Gasteiger partial charge in [0.15, 0.2) is 0 Å². The lowest BCUT2D eigenvalue weighted by molar-refractivity contribution is -0.119. The Kier molecular flexibility index (Phi) is 5.08. The Morgan fingerprint density at radius 3 is 2.57 bits per heavy atom. The third kappa shape index (κ3) is 5.19. The summed E-state index contributed by atoms with van der Waals surface area (Å²) >= 11 is 0. The van der Waals surface area contributed by atoms with Crippen LogP contribution in [0, 0.1) is 5.92 Å². The monoisotopic (exact) mass is 297 g/mol. The second-order valence-corrected chi connectivity index (χ2v) is 7.02. The molecule has 0 aromatic rings. The third-order valence-corrected chi connectivity index (χ3v) is 3.94. The summed E-state index contributed by atoms with van der Waals surface area (Å²) in [6.45, 7) is 8.82. The Hall–Kier alpha value is -1.30. The second kappa shape index (κ2) is 6.64. The largest absolute Gasteiger partial charge is 0.444 e. The number of rotatable bonds is 3. The molecule has 1 atom stereocenters. The van der Waals surface area contributed by atoms with Crippen LogP contribution in [0.25, 0.3) is 0 Å². The van der Waals surface area contributed by atoms with Crippen molar-refractivity contribution in [2.75, 3.05) is 26.2 Å². The predicted molar refractivity (Wildman–Crippen MR) is 79.9 cm³/mol. The lowest BCUT2D eigenvalue weighted by Gasteiger charge is -2.33. The molecule has 2 amide bonds. The van der Waals surface area contributed by atoms with Gasteiger partial charge < -0.3 is 20.3 Å².